The summed E-state index contributed by atoms with van der Waals surface area (Å²) in [6, 6.07) is 11.3. The summed E-state index contributed by atoms with van der Waals surface area (Å²) in [6.07, 6.45) is -11.3. The number of carbonyl (C=O) groups is 4. The molecule has 1 spiro atoms. The first kappa shape index (κ1) is 41.3. The maximum absolute atomic E-state index is 12.7. The van der Waals surface area contributed by atoms with E-state index in [1.54, 1.807) is 12.3 Å². The number of rotatable bonds is 4. The SMILES string of the molecule is Cc1cccc(C(=O)N2CC3(CC(COc4ccccn4)CCN3C)C2)n1.O=C(O)C(F)(F)F.O=C(O)C(F)(F)F.O=C(O)C(F)(F)F. The Morgan fingerprint density at radius 1 is 0.854 bits per heavy atom. The number of likely N-dealkylation sites (tertiary alicyclic amines) is 2. The van der Waals surface area contributed by atoms with Gasteiger partial charge in [0.25, 0.3) is 5.91 Å². The second kappa shape index (κ2) is 16.9. The lowest BCUT2D eigenvalue weighted by Gasteiger charge is -2.58. The van der Waals surface area contributed by atoms with Crippen LogP contribution in [0.5, 0.6) is 5.88 Å². The van der Waals surface area contributed by atoms with Gasteiger partial charge >= 0.3 is 36.4 Å². The molecule has 0 bridgehead atoms. The minimum Gasteiger partial charge on any atom is -0.477 e. The summed E-state index contributed by atoms with van der Waals surface area (Å²) >= 11 is 0. The average molecular weight is 709 g/mol. The minimum absolute atomic E-state index is 0.0320. The number of amides is 1. The first-order chi connectivity index (χ1) is 21.9. The van der Waals surface area contributed by atoms with Crippen molar-refractivity contribution >= 4 is 23.8 Å². The molecule has 48 heavy (non-hydrogen) atoms. The maximum Gasteiger partial charge on any atom is 0.490 e. The number of alkyl halides is 9. The lowest BCUT2D eigenvalue weighted by Crippen LogP contribution is -2.72. The van der Waals surface area contributed by atoms with Crippen molar-refractivity contribution in [3.8, 4) is 5.88 Å². The molecule has 2 saturated heterocycles. The second-order valence-corrected chi connectivity index (χ2v) is 10.2. The van der Waals surface area contributed by atoms with E-state index in [0.29, 0.717) is 24.1 Å². The van der Waals surface area contributed by atoms with Crippen LogP contribution in [0.4, 0.5) is 39.5 Å². The van der Waals surface area contributed by atoms with Crippen LogP contribution in [-0.2, 0) is 14.4 Å². The Hall–Kier alpha value is -4.69. The molecule has 268 valence electrons. The van der Waals surface area contributed by atoms with E-state index in [2.05, 4.69) is 21.9 Å². The number of piperidine rings is 1. The fraction of sp³-hybridized carbons (Fsp3) is 0.481. The van der Waals surface area contributed by atoms with Crippen molar-refractivity contribution in [1.29, 1.82) is 0 Å². The highest BCUT2D eigenvalue weighted by molar-refractivity contribution is 5.93. The normalized spacial score (nSPS) is 17.1. The molecule has 0 aliphatic carbocycles. The molecule has 0 saturated carbocycles. The molecule has 21 heteroatoms. The van der Waals surface area contributed by atoms with Crippen molar-refractivity contribution in [2.45, 2.75) is 43.8 Å². The van der Waals surface area contributed by atoms with Gasteiger partial charge in [0.2, 0.25) is 5.88 Å². The van der Waals surface area contributed by atoms with Crippen molar-refractivity contribution in [2.75, 3.05) is 33.3 Å². The zero-order valence-corrected chi connectivity index (χ0v) is 24.9. The molecule has 0 aromatic carbocycles. The molecule has 2 aromatic heterocycles. The number of carboxylic acid groups (broad SMARTS) is 3. The molecule has 3 N–H and O–H groups in total. The van der Waals surface area contributed by atoms with Gasteiger partial charge in [-0.05, 0) is 57.5 Å². The predicted octanol–water partition coefficient (Wildman–Crippen LogP) is 4.30. The first-order valence-corrected chi connectivity index (χ1v) is 13.3. The Morgan fingerprint density at radius 2 is 1.35 bits per heavy atom. The van der Waals surface area contributed by atoms with Crippen LogP contribution in [0.3, 0.4) is 0 Å². The van der Waals surface area contributed by atoms with Gasteiger partial charge in [0.05, 0.1) is 12.1 Å². The Kier molecular flexibility index (Phi) is 14.6. The molecular formula is C27H29F9N4O8. The van der Waals surface area contributed by atoms with E-state index in [-0.39, 0.29) is 11.4 Å². The summed E-state index contributed by atoms with van der Waals surface area (Å²) in [5.74, 6) is -7.07. The van der Waals surface area contributed by atoms with Gasteiger partial charge in [0.1, 0.15) is 5.69 Å². The number of ether oxygens (including phenoxy) is 1. The van der Waals surface area contributed by atoms with E-state index in [9.17, 15) is 44.3 Å². The zero-order chi connectivity index (χ0) is 37.1. The molecule has 2 aliphatic rings. The number of aliphatic carboxylic acids is 3. The Bertz CT molecular complexity index is 1330. The molecule has 4 rings (SSSR count). The van der Waals surface area contributed by atoms with Crippen molar-refractivity contribution in [2.24, 2.45) is 5.92 Å². The van der Waals surface area contributed by atoms with E-state index in [1.807, 2.05) is 42.2 Å². The van der Waals surface area contributed by atoms with Crippen LogP contribution in [0.1, 0.15) is 29.0 Å². The summed E-state index contributed by atoms with van der Waals surface area (Å²) < 4.78 is 101. The van der Waals surface area contributed by atoms with Crippen LogP contribution in [0, 0.1) is 12.8 Å². The summed E-state index contributed by atoms with van der Waals surface area (Å²) in [5, 5.41) is 21.4. The number of nitrogens with zero attached hydrogens (tertiary/aromatic N) is 4. The van der Waals surface area contributed by atoms with Crippen molar-refractivity contribution in [3.05, 3.63) is 54.0 Å². The van der Waals surface area contributed by atoms with Gasteiger partial charge in [-0.2, -0.15) is 39.5 Å². The van der Waals surface area contributed by atoms with Gasteiger partial charge in [-0.3, -0.25) is 9.69 Å². The number of carboxylic acids is 3. The molecular weight excluding hydrogens is 679 g/mol. The fourth-order valence-electron chi connectivity index (χ4n) is 4.19. The predicted molar refractivity (Wildman–Crippen MR) is 144 cm³/mol. The van der Waals surface area contributed by atoms with Crippen molar-refractivity contribution in [1.82, 2.24) is 19.8 Å². The number of hydrogen-bond donors (Lipinski definition) is 3. The lowest BCUT2D eigenvalue weighted by atomic mass is 9.75. The molecule has 12 nitrogen and oxygen atoms in total. The van der Waals surface area contributed by atoms with Crippen molar-refractivity contribution in [3.63, 3.8) is 0 Å². The Balaban J connectivity index is 0.000000448. The highest BCUT2D eigenvalue weighted by Crippen LogP contribution is 2.39. The second-order valence-electron chi connectivity index (χ2n) is 10.2. The number of aromatic nitrogens is 2. The molecule has 1 amide bonds. The van der Waals surface area contributed by atoms with Gasteiger partial charge in [-0.25, -0.2) is 24.4 Å². The van der Waals surface area contributed by atoms with Crippen LogP contribution in [-0.4, -0.2) is 116 Å². The van der Waals surface area contributed by atoms with E-state index in [0.717, 1.165) is 38.2 Å². The highest BCUT2D eigenvalue weighted by atomic mass is 19.4. The van der Waals surface area contributed by atoms with E-state index >= 15 is 0 Å². The van der Waals surface area contributed by atoms with E-state index in [1.165, 1.54) is 0 Å². The number of carbonyl (C=O) groups excluding carboxylic acids is 1. The molecule has 2 fully saturated rings. The molecule has 1 atom stereocenters. The number of halogens is 9. The van der Waals surface area contributed by atoms with Gasteiger partial charge < -0.3 is 25.0 Å². The lowest BCUT2D eigenvalue weighted by molar-refractivity contribution is -0.193. The van der Waals surface area contributed by atoms with Crippen LogP contribution in [0.25, 0.3) is 0 Å². The van der Waals surface area contributed by atoms with Crippen LogP contribution < -0.4 is 4.74 Å². The number of likely N-dealkylation sites (N-methyl/N-ethyl adjacent to an activating group) is 1. The zero-order valence-electron chi connectivity index (χ0n) is 24.9. The monoisotopic (exact) mass is 708 g/mol. The summed E-state index contributed by atoms with van der Waals surface area (Å²) in [7, 11) is 2.17. The number of pyridine rings is 2. The molecule has 2 aliphatic heterocycles. The molecule has 0 radical (unpaired) electrons. The molecule has 1 unspecified atom stereocenters. The van der Waals surface area contributed by atoms with Crippen LogP contribution >= 0.6 is 0 Å². The van der Waals surface area contributed by atoms with E-state index < -0.39 is 36.4 Å². The quantitative estimate of drug-likeness (QED) is 0.387. The van der Waals surface area contributed by atoms with Gasteiger partial charge in [0, 0.05) is 31.0 Å². The molecule has 4 heterocycles. The van der Waals surface area contributed by atoms with Crippen LogP contribution in [0.2, 0.25) is 0 Å². The Morgan fingerprint density at radius 3 is 1.77 bits per heavy atom. The minimum atomic E-state index is -5.08. The third-order valence-corrected chi connectivity index (χ3v) is 6.55. The van der Waals surface area contributed by atoms with Gasteiger partial charge in [0.15, 0.2) is 0 Å². The maximum atomic E-state index is 12.7. The topological polar surface area (TPSA) is 170 Å². The largest absolute Gasteiger partial charge is 0.490 e. The van der Waals surface area contributed by atoms with Crippen molar-refractivity contribution < 1.29 is 78.7 Å². The standard InChI is InChI=1S/C21H26N4O2.3C2HF3O2/c1-16-6-5-7-18(23-16)20(26)25-14-21(15-25)12-17(9-11-24(21)2)13-27-19-8-3-4-10-22-19;3*3-2(4,5)1(6)7/h3-8,10,17H,9,11-15H2,1-2H3;3*(H,6,7). The average Bonchev–Trinajstić information content (AvgIpc) is 2.95. The fourth-order valence-corrected chi connectivity index (χ4v) is 4.19. The number of aryl methyl sites for hydroxylation is 1. The van der Waals surface area contributed by atoms with Gasteiger partial charge in [-0.1, -0.05) is 12.1 Å². The summed E-state index contributed by atoms with van der Waals surface area (Å²) in [4.78, 5) is 52.3. The summed E-state index contributed by atoms with van der Waals surface area (Å²) in [6.45, 7) is 5.15. The van der Waals surface area contributed by atoms with Crippen LogP contribution in [0.15, 0.2) is 42.6 Å². The third-order valence-electron chi connectivity index (χ3n) is 6.55. The molecule has 2 aromatic rings. The first-order valence-electron chi connectivity index (χ1n) is 13.3. The van der Waals surface area contributed by atoms with Gasteiger partial charge in [-0.15, -0.1) is 0 Å². The Labute approximate surface area is 265 Å². The van der Waals surface area contributed by atoms with E-state index in [4.69, 9.17) is 34.4 Å². The smallest absolute Gasteiger partial charge is 0.477 e. The third kappa shape index (κ3) is 13.6. The highest BCUT2D eigenvalue weighted by Gasteiger charge is 2.51. The summed E-state index contributed by atoms with van der Waals surface area (Å²) in [5.41, 5.74) is 1.48. The number of hydrogen-bond acceptors (Lipinski definition) is 8.